The van der Waals surface area contributed by atoms with Crippen molar-refractivity contribution in [2.45, 2.75) is 6.92 Å². The van der Waals surface area contributed by atoms with Crippen LogP contribution in [-0.4, -0.2) is 5.78 Å². The van der Waals surface area contributed by atoms with Crippen LogP contribution in [-0.2, 0) is 4.79 Å². The van der Waals surface area contributed by atoms with Gasteiger partial charge in [0.15, 0.2) is 0 Å². The minimum absolute atomic E-state index is 0.237. The Morgan fingerprint density at radius 3 is 3.07 bits per heavy atom. The third-order valence-corrected chi connectivity index (χ3v) is 1.39. The van der Waals surface area contributed by atoms with E-state index in [1.165, 1.54) is 6.08 Å². The van der Waals surface area contributed by atoms with Crippen LogP contribution in [0.15, 0.2) is 41.0 Å². The van der Waals surface area contributed by atoms with Crippen molar-refractivity contribution in [3.8, 4) is 11.8 Å². The van der Waals surface area contributed by atoms with Gasteiger partial charge in [-0.3, -0.25) is 4.79 Å². The maximum atomic E-state index is 11.1. The van der Waals surface area contributed by atoms with E-state index in [1.54, 1.807) is 36.6 Å². The van der Waals surface area contributed by atoms with Crippen molar-refractivity contribution in [3.63, 3.8) is 0 Å². The Kier molecular flexibility index (Phi) is 4.03. The van der Waals surface area contributed by atoms with Gasteiger partial charge in [-0.25, -0.2) is 0 Å². The van der Waals surface area contributed by atoms with E-state index in [0.717, 1.165) is 0 Å². The molecule has 0 aliphatic heterocycles. The van der Waals surface area contributed by atoms with Gasteiger partial charge in [0.05, 0.1) is 6.26 Å². The van der Waals surface area contributed by atoms with Crippen LogP contribution >= 0.6 is 0 Å². The molecule has 0 aliphatic rings. The molecule has 1 aromatic heterocycles. The fourth-order valence-electron chi connectivity index (χ4n) is 0.782. The van der Waals surface area contributed by atoms with E-state index < -0.39 is 0 Å². The van der Waals surface area contributed by atoms with Gasteiger partial charge in [0, 0.05) is 0 Å². The molecule has 1 heterocycles. The summed E-state index contributed by atoms with van der Waals surface area (Å²) in [6.45, 7) is 1.85. The lowest BCUT2D eigenvalue weighted by Crippen LogP contribution is -1.84. The Balaban J connectivity index is 2.54. The maximum absolute atomic E-state index is 11.1. The van der Waals surface area contributed by atoms with Crippen LogP contribution in [0, 0.1) is 11.8 Å². The summed E-state index contributed by atoms with van der Waals surface area (Å²) in [7, 11) is 0. The van der Waals surface area contributed by atoms with Crippen LogP contribution in [0.2, 0.25) is 0 Å². The molecule has 0 aliphatic carbocycles. The number of carbonyl (C=O) groups is 1. The van der Waals surface area contributed by atoms with Crippen molar-refractivity contribution < 1.29 is 9.21 Å². The van der Waals surface area contributed by atoms with Gasteiger partial charge in [-0.05, 0) is 43.2 Å². The van der Waals surface area contributed by atoms with Gasteiger partial charge in [0.1, 0.15) is 5.76 Å². The summed E-state index contributed by atoms with van der Waals surface area (Å²) in [5, 5.41) is 0. The Bertz CT molecular complexity index is 397. The molecule has 0 fully saturated rings. The normalized spacial score (nSPS) is 10.4. The van der Waals surface area contributed by atoms with Gasteiger partial charge in [-0.15, -0.1) is 0 Å². The molecule has 0 radical (unpaired) electrons. The van der Waals surface area contributed by atoms with Gasteiger partial charge in [0.2, 0.25) is 5.78 Å². The topological polar surface area (TPSA) is 30.2 Å². The Hall–Kier alpha value is -2.01. The molecule has 0 spiro atoms. The first-order chi connectivity index (χ1) is 6.83. The molecule has 0 atom stereocenters. The predicted octanol–water partition coefficient (Wildman–Crippen LogP) is 2.44. The van der Waals surface area contributed by atoms with Crippen LogP contribution in [0.3, 0.4) is 0 Å². The fraction of sp³-hybridized carbons (Fsp3) is 0.0833. The van der Waals surface area contributed by atoms with Crippen LogP contribution in [0.4, 0.5) is 0 Å². The molecular formula is C12H10O2. The first-order valence-corrected chi connectivity index (χ1v) is 4.21. The standard InChI is InChI=1S/C12H10O2/c1-2-3-4-6-11(13)8-9-12-7-5-10-14-12/h2-3,5,7-10H,1H3/b3-2+,9-8+. The number of allylic oxidation sites excluding steroid dienone is 3. The summed E-state index contributed by atoms with van der Waals surface area (Å²) in [6, 6.07) is 3.53. The van der Waals surface area contributed by atoms with E-state index in [1.807, 2.05) is 6.92 Å². The lowest BCUT2D eigenvalue weighted by molar-refractivity contribution is -0.109. The molecule has 2 heteroatoms. The highest BCUT2D eigenvalue weighted by Gasteiger charge is 1.90. The van der Waals surface area contributed by atoms with Crippen molar-refractivity contribution in [3.05, 3.63) is 42.4 Å². The number of rotatable bonds is 2. The average Bonchev–Trinajstić information content (AvgIpc) is 2.68. The van der Waals surface area contributed by atoms with Crippen molar-refractivity contribution in [1.29, 1.82) is 0 Å². The smallest absolute Gasteiger partial charge is 0.229 e. The van der Waals surface area contributed by atoms with Crippen molar-refractivity contribution in [2.24, 2.45) is 0 Å². The lowest BCUT2D eigenvalue weighted by Gasteiger charge is -1.80. The van der Waals surface area contributed by atoms with E-state index in [9.17, 15) is 4.79 Å². The first-order valence-electron chi connectivity index (χ1n) is 4.21. The Morgan fingerprint density at radius 1 is 1.57 bits per heavy atom. The molecule has 0 saturated heterocycles. The molecule has 0 amide bonds. The fourth-order valence-corrected chi connectivity index (χ4v) is 0.782. The zero-order chi connectivity index (χ0) is 10.2. The highest BCUT2D eigenvalue weighted by molar-refractivity contribution is 6.06. The molecule has 0 aromatic carbocycles. The number of hydrogen-bond donors (Lipinski definition) is 0. The summed E-state index contributed by atoms with van der Waals surface area (Å²) in [5.74, 6) is 5.45. The van der Waals surface area contributed by atoms with Gasteiger partial charge < -0.3 is 4.42 Å². The first kappa shape index (κ1) is 10.1. The molecule has 1 aromatic rings. The van der Waals surface area contributed by atoms with Gasteiger partial charge in [-0.2, -0.15) is 0 Å². The molecule has 70 valence electrons. The molecular weight excluding hydrogens is 176 g/mol. The van der Waals surface area contributed by atoms with Crippen LogP contribution < -0.4 is 0 Å². The summed E-state index contributed by atoms with van der Waals surface area (Å²) >= 11 is 0. The second kappa shape index (κ2) is 5.60. The molecule has 0 N–H and O–H groups in total. The Labute approximate surface area is 82.9 Å². The lowest BCUT2D eigenvalue weighted by atomic mass is 10.3. The number of furan rings is 1. The van der Waals surface area contributed by atoms with E-state index >= 15 is 0 Å². The van der Waals surface area contributed by atoms with Crippen molar-refractivity contribution in [2.75, 3.05) is 0 Å². The summed E-state index contributed by atoms with van der Waals surface area (Å²) in [6.07, 6.45) is 7.92. The van der Waals surface area contributed by atoms with Crippen LogP contribution in [0.1, 0.15) is 12.7 Å². The zero-order valence-corrected chi connectivity index (χ0v) is 7.86. The van der Waals surface area contributed by atoms with E-state index in [0.29, 0.717) is 5.76 Å². The van der Waals surface area contributed by atoms with E-state index in [-0.39, 0.29) is 5.78 Å². The average molecular weight is 186 g/mol. The minimum Gasteiger partial charge on any atom is -0.465 e. The van der Waals surface area contributed by atoms with E-state index in [2.05, 4.69) is 11.8 Å². The molecule has 0 saturated carbocycles. The van der Waals surface area contributed by atoms with Gasteiger partial charge in [0.25, 0.3) is 0 Å². The minimum atomic E-state index is -0.237. The molecule has 0 bridgehead atoms. The van der Waals surface area contributed by atoms with E-state index in [4.69, 9.17) is 4.42 Å². The van der Waals surface area contributed by atoms with Gasteiger partial charge >= 0.3 is 0 Å². The van der Waals surface area contributed by atoms with Crippen molar-refractivity contribution >= 4 is 11.9 Å². The second-order valence-electron chi connectivity index (χ2n) is 2.48. The zero-order valence-electron chi connectivity index (χ0n) is 7.86. The summed E-state index contributed by atoms with van der Waals surface area (Å²) in [4.78, 5) is 11.1. The third kappa shape index (κ3) is 3.59. The van der Waals surface area contributed by atoms with Crippen LogP contribution in [0.5, 0.6) is 0 Å². The maximum Gasteiger partial charge on any atom is 0.229 e. The summed E-state index contributed by atoms with van der Waals surface area (Å²) < 4.78 is 5.01. The largest absolute Gasteiger partial charge is 0.465 e. The number of carbonyl (C=O) groups excluding carboxylic acids is 1. The highest BCUT2D eigenvalue weighted by atomic mass is 16.3. The SMILES string of the molecule is C/C=C/C#CC(=O)/C=C/c1ccco1. The van der Waals surface area contributed by atoms with Gasteiger partial charge in [-0.1, -0.05) is 12.0 Å². The monoisotopic (exact) mass is 186 g/mol. The second-order valence-corrected chi connectivity index (χ2v) is 2.48. The summed E-state index contributed by atoms with van der Waals surface area (Å²) in [5.41, 5.74) is 0. The molecule has 1 rings (SSSR count). The molecule has 14 heavy (non-hydrogen) atoms. The molecule has 0 unspecified atom stereocenters. The van der Waals surface area contributed by atoms with Crippen LogP contribution in [0.25, 0.3) is 6.08 Å². The number of ketones is 1. The van der Waals surface area contributed by atoms with Crippen molar-refractivity contribution in [1.82, 2.24) is 0 Å². The molecule has 2 nitrogen and oxygen atoms in total. The number of hydrogen-bond acceptors (Lipinski definition) is 2. The third-order valence-electron chi connectivity index (χ3n) is 1.39. The quantitative estimate of drug-likeness (QED) is 0.403. The predicted molar refractivity (Wildman–Crippen MR) is 55.3 cm³/mol. The highest BCUT2D eigenvalue weighted by Crippen LogP contribution is 2.01. The Morgan fingerprint density at radius 2 is 2.43 bits per heavy atom.